The lowest BCUT2D eigenvalue weighted by Crippen LogP contribution is -2.01. The number of nitrogens with two attached hydrogens (primary N) is 1. The molecule has 4 heteroatoms. The van der Waals surface area contributed by atoms with Gasteiger partial charge in [-0.15, -0.1) is 11.8 Å². The van der Waals surface area contributed by atoms with E-state index in [2.05, 4.69) is 0 Å². The maximum atomic E-state index is 11.5. The van der Waals surface area contributed by atoms with Crippen LogP contribution < -0.4 is 5.73 Å². The van der Waals surface area contributed by atoms with Gasteiger partial charge < -0.3 is 5.73 Å². The molecule has 0 bridgehead atoms. The van der Waals surface area contributed by atoms with Crippen LogP contribution in [0.4, 0.5) is 0 Å². The molecule has 1 aliphatic rings. The SMILES string of the molecule is NC1=C(c2ccc(Cl)cc2)C(=O)CS1. The third-order valence-corrected chi connectivity index (χ3v) is 3.19. The van der Waals surface area contributed by atoms with Crippen molar-refractivity contribution in [2.45, 2.75) is 0 Å². The molecule has 0 saturated heterocycles. The third-order valence-electron chi connectivity index (χ3n) is 2.02. The molecule has 0 atom stereocenters. The summed E-state index contributed by atoms with van der Waals surface area (Å²) in [6.45, 7) is 0. The van der Waals surface area contributed by atoms with Gasteiger partial charge in [-0.05, 0) is 17.7 Å². The van der Waals surface area contributed by atoms with Crippen molar-refractivity contribution < 1.29 is 4.79 Å². The van der Waals surface area contributed by atoms with E-state index in [0.29, 0.717) is 21.4 Å². The Labute approximate surface area is 91.1 Å². The number of benzene rings is 1. The van der Waals surface area contributed by atoms with Gasteiger partial charge in [-0.25, -0.2) is 0 Å². The number of Topliss-reactive ketones (excluding diaryl/α,β-unsaturated/α-hetero) is 1. The molecule has 2 N–H and O–H groups in total. The summed E-state index contributed by atoms with van der Waals surface area (Å²) in [7, 11) is 0. The Morgan fingerprint density at radius 2 is 1.93 bits per heavy atom. The number of rotatable bonds is 1. The van der Waals surface area contributed by atoms with E-state index < -0.39 is 0 Å². The van der Waals surface area contributed by atoms with Crippen LogP contribution in [0.5, 0.6) is 0 Å². The summed E-state index contributed by atoms with van der Waals surface area (Å²) in [5.74, 6) is 0.541. The highest BCUT2D eigenvalue weighted by molar-refractivity contribution is 8.04. The van der Waals surface area contributed by atoms with Gasteiger partial charge in [-0.2, -0.15) is 0 Å². The van der Waals surface area contributed by atoms with E-state index in [0.717, 1.165) is 5.56 Å². The molecule has 1 aliphatic heterocycles. The zero-order valence-corrected chi connectivity index (χ0v) is 8.86. The number of halogens is 1. The van der Waals surface area contributed by atoms with Crippen molar-refractivity contribution in [1.29, 1.82) is 0 Å². The fourth-order valence-corrected chi connectivity index (χ4v) is 2.28. The number of allylic oxidation sites excluding steroid dienone is 1. The maximum absolute atomic E-state index is 11.5. The first-order valence-electron chi connectivity index (χ1n) is 4.10. The van der Waals surface area contributed by atoms with Crippen LogP contribution in [0.3, 0.4) is 0 Å². The van der Waals surface area contributed by atoms with E-state index >= 15 is 0 Å². The lowest BCUT2D eigenvalue weighted by atomic mass is 10.0. The Hall–Kier alpha value is -0.930. The fraction of sp³-hybridized carbons (Fsp3) is 0.100. The topological polar surface area (TPSA) is 43.1 Å². The molecule has 1 aromatic carbocycles. The third kappa shape index (κ3) is 1.65. The van der Waals surface area contributed by atoms with Gasteiger partial charge in [-0.3, -0.25) is 4.79 Å². The van der Waals surface area contributed by atoms with Crippen molar-refractivity contribution >= 4 is 34.7 Å². The van der Waals surface area contributed by atoms with Crippen LogP contribution in [0.1, 0.15) is 5.56 Å². The molecule has 0 aliphatic carbocycles. The average Bonchev–Trinajstić information content (AvgIpc) is 2.49. The van der Waals surface area contributed by atoms with E-state index in [4.69, 9.17) is 17.3 Å². The molecule has 0 saturated carbocycles. The molecule has 0 radical (unpaired) electrons. The number of hydrogen-bond acceptors (Lipinski definition) is 3. The van der Waals surface area contributed by atoms with Crippen LogP contribution in [-0.4, -0.2) is 11.5 Å². The van der Waals surface area contributed by atoms with Crippen molar-refractivity contribution in [1.82, 2.24) is 0 Å². The normalized spacial score (nSPS) is 16.5. The molecule has 14 heavy (non-hydrogen) atoms. The second kappa shape index (κ2) is 3.67. The molecule has 0 aromatic heterocycles. The quantitative estimate of drug-likeness (QED) is 0.798. The summed E-state index contributed by atoms with van der Waals surface area (Å²) >= 11 is 7.14. The van der Waals surface area contributed by atoms with Gasteiger partial charge in [0.15, 0.2) is 5.78 Å². The predicted molar refractivity (Wildman–Crippen MR) is 60.0 cm³/mol. The summed E-state index contributed by atoms with van der Waals surface area (Å²) in [5.41, 5.74) is 7.21. The fourth-order valence-electron chi connectivity index (χ4n) is 1.34. The highest BCUT2D eigenvalue weighted by atomic mass is 35.5. The summed E-state index contributed by atoms with van der Waals surface area (Å²) in [6.07, 6.45) is 0. The minimum absolute atomic E-state index is 0.0924. The summed E-state index contributed by atoms with van der Waals surface area (Å²) in [6, 6.07) is 7.14. The Kier molecular flexibility index (Phi) is 2.52. The highest BCUT2D eigenvalue weighted by Crippen LogP contribution is 2.32. The molecule has 1 aromatic rings. The number of carbonyl (C=O) groups excluding carboxylic acids is 1. The molecule has 72 valence electrons. The van der Waals surface area contributed by atoms with Crippen LogP contribution in [0, 0.1) is 0 Å². The van der Waals surface area contributed by atoms with Crippen molar-refractivity contribution in [2.24, 2.45) is 5.73 Å². The number of ketones is 1. The molecule has 0 amide bonds. The highest BCUT2D eigenvalue weighted by Gasteiger charge is 2.22. The molecular formula is C10H8ClNOS. The lowest BCUT2D eigenvalue weighted by Gasteiger charge is -2.01. The molecule has 2 nitrogen and oxygen atoms in total. The summed E-state index contributed by atoms with van der Waals surface area (Å²) < 4.78 is 0. The van der Waals surface area contributed by atoms with Gasteiger partial charge in [0.05, 0.1) is 16.4 Å². The Morgan fingerprint density at radius 3 is 2.43 bits per heavy atom. The number of hydrogen-bond donors (Lipinski definition) is 1. The van der Waals surface area contributed by atoms with E-state index in [-0.39, 0.29) is 5.78 Å². The average molecular weight is 226 g/mol. The molecule has 1 heterocycles. The van der Waals surface area contributed by atoms with Crippen LogP contribution in [0.2, 0.25) is 5.02 Å². The van der Waals surface area contributed by atoms with Crippen molar-refractivity contribution in [3.05, 3.63) is 39.9 Å². The smallest absolute Gasteiger partial charge is 0.176 e. The largest absolute Gasteiger partial charge is 0.393 e. The van der Waals surface area contributed by atoms with Crippen molar-refractivity contribution in [2.75, 3.05) is 5.75 Å². The van der Waals surface area contributed by atoms with E-state index in [1.54, 1.807) is 12.1 Å². The lowest BCUT2D eigenvalue weighted by molar-refractivity contribution is -0.111. The van der Waals surface area contributed by atoms with E-state index in [1.807, 2.05) is 12.1 Å². The maximum Gasteiger partial charge on any atom is 0.176 e. The minimum Gasteiger partial charge on any atom is -0.393 e. The molecule has 0 fully saturated rings. The first-order valence-corrected chi connectivity index (χ1v) is 5.46. The molecule has 0 spiro atoms. The molecular weight excluding hydrogens is 218 g/mol. The zero-order chi connectivity index (χ0) is 10.1. The van der Waals surface area contributed by atoms with Crippen LogP contribution in [-0.2, 0) is 4.79 Å². The number of carbonyl (C=O) groups is 1. The van der Waals surface area contributed by atoms with E-state index in [1.165, 1.54) is 11.8 Å². The first-order chi connectivity index (χ1) is 6.68. The van der Waals surface area contributed by atoms with Gasteiger partial charge >= 0.3 is 0 Å². The van der Waals surface area contributed by atoms with Gasteiger partial charge in [0.2, 0.25) is 0 Å². The Morgan fingerprint density at radius 1 is 1.29 bits per heavy atom. The second-order valence-corrected chi connectivity index (χ2v) is 4.41. The monoisotopic (exact) mass is 225 g/mol. The zero-order valence-electron chi connectivity index (χ0n) is 7.29. The van der Waals surface area contributed by atoms with Crippen molar-refractivity contribution in [3.8, 4) is 0 Å². The first kappa shape index (κ1) is 9.62. The van der Waals surface area contributed by atoms with Crippen LogP contribution in [0.15, 0.2) is 29.3 Å². The van der Waals surface area contributed by atoms with Gasteiger partial charge in [0.1, 0.15) is 0 Å². The molecule has 0 unspecified atom stereocenters. The number of thioether (sulfide) groups is 1. The van der Waals surface area contributed by atoms with Gasteiger partial charge in [-0.1, -0.05) is 23.7 Å². The Balaban J connectivity index is 2.44. The van der Waals surface area contributed by atoms with Crippen molar-refractivity contribution in [3.63, 3.8) is 0 Å². The summed E-state index contributed by atoms with van der Waals surface area (Å²) in [4.78, 5) is 11.5. The second-order valence-electron chi connectivity index (χ2n) is 2.96. The van der Waals surface area contributed by atoms with Gasteiger partial charge in [0.25, 0.3) is 0 Å². The van der Waals surface area contributed by atoms with Crippen LogP contribution >= 0.6 is 23.4 Å². The minimum atomic E-state index is 0.0924. The van der Waals surface area contributed by atoms with E-state index in [9.17, 15) is 4.79 Å². The standard InChI is InChI=1S/C10H8ClNOS/c11-7-3-1-6(2-4-7)9-8(13)5-14-10(9)12/h1-4H,5,12H2. The summed E-state index contributed by atoms with van der Waals surface area (Å²) in [5, 5.41) is 1.27. The molecule has 2 rings (SSSR count). The van der Waals surface area contributed by atoms with Gasteiger partial charge in [0, 0.05) is 5.02 Å². The predicted octanol–water partition coefficient (Wildman–Crippen LogP) is 2.28. The van der Waals surface area contributed by atoms with Crippen LogP contribution in [0.25, 0.3) is 5.57 Å². The Bertz CT molecular complexity index is 411.